The molecule has 1 heterocycles. The Morgan fingerprint density at radius 1 is 0.897 bits per heavy atom. The van der Waals surface area contributed by atoms with Crippen molar-refractivity contribution in [3.63, 3.8) is 0 Å². The van der Waals surface area contributed by atoms with Crippen molar-refractivity contribution in [3.8, 4) is 23.0 Å². The van der Waals surface area contributed by atoms with Crippen molar-refractivity contribution in [1.29, 1.82) is 0 Å². The minimum absolute atomic E-state index is 0.0996. The molecule has 1 aliphatic carbocycles. The van der Waals surface area contributed by atoms with Crippen LogP contribution in [0.5, 0.6) is 23.0 Å². The van der Waals surface area contributed by atoms with Gasteiger partial charge < -0.3 is 29.2 Å². The number of fused-ring (bicyclic) bond motifs is 2. The van der Waals surface area contributed by atoms with Crippen LogP contribution in [0.2, 0.25) is 0 Å². The number of hydrogen-bond donors (Lipinski definition) is 3. The summed E-state index contributed by atoms with van der Waals surface area (Å²) in [6.45, 7) is 2.57. The first-order valence-electron chi connectivity index (χ1n) is 12.6. The van der Waals surface area contributed by atoms with Gasteiger partial charge >= 0.3 is 10.4 Å². The van der Waals surface area contributed by atoms with Gasteiger partial charge in [-0.05, 0) is 85.8 Å². The minimum atomic E-state index is -4.67. The molecule has 2 aliphatic rings. The van der Waals surface area contributed by atoms with Gasteiger partial charge in [0.1, 0.15) is 0 Å². The largest absolute Gasteiger partial charge is 0.493 e. The molecule has 1 amide bonds. The Kier molecular flexibility index (Phi) is 10.4. The first-order chi connectivity index (χ1) is 18.5. The van der Waals surface area contributed by atoms with Gasteiger partial charge in [0, 0.05) is 19.0 Å². The standard InChI is InChI=1S/C27H36N2O5.H2O4S/c1-29(16-19-11-18-13-24(32-3)25(33-4)14-21(18)19)10-6-7-20-22-15-26(34-5)23(31-2)12-17(22)8-9-28-27(20)30;1-5(2,3)4/h12-15,19-20H,6-11,16H2,1-5H3,(H,28,30);(H2,1,2,3,4)/t19-,20?;/m1./s1. The number of methoxy groups -OCH3 is 4. The second-order valence-corrected chi connectivity index (χ2v) is 10.6. The molecule has 0 spiro atoms. The molecular formula is C27H38N2O9S. The Morgan fingerprint density at radius 2 is 1.41 bits per heavy atom. The average Bonchev–Trinajstić information content (AvgIpc) is 3.02. The predicted molar refractivity (Wildman–Crippen MR) is 146 cm³/mol. The fraction of sp³-hybridized carbons (Fsp3) is 0.519. The normalized spacial score (nSPS) is 17.9. The van der Waals surface area contributed by atoms with Crippen molar-refractivity contribution >= 4 is 16.3 Å². The summed E-state index contributed by atoms with van der Waals surface area (Å²) < 4.78 is 53.5. The molecule has 4 rings (SSSR count). The van der Waals surface area contributed by atoms with Crippen molar-refractivity contribution < 1.29 is 41.3 Å². The lowest BCUT2D eigenvalue weighted by molar-refractivity contribution is -0.122. The third kappa shape index (κ3) is 7.98. The Morgan fingerprint density at radius 3 is 1.97 bits per heavy atom. The van der Waals surface area contributed by atoms with Crippen LogP contribution in [0, 0.1) is 0 Å². The van der Waals surface area contributed by atoms with E-state index >= 15 is 0 Å². The molecular weight excluding hydrogens is 528 g/mol. The fourth-order valence-electron chi connectivity index (χ4n) is 5.28. The molecule has 11 nitrogen and oxygen atoms in total. The minimum Gasteiger partial charge on any atom is -0.493 e. The van der Waals surface area contributed by atoms with Gasteiger partial charge in [-0.3, -0.25) is 13.9 Å². The van der Waals surface area contributed by atoms with Gasteiger partial charge in [-0.1, -0.05) is 0 Å². The summed E-state index contributed by atoms with van der Waals surface area (Å²) in [5, 5.41) is 3.08. The summed E-state index contributed by atoms with van der Waals surface area (Å²) in [4.78, 5) is 15.2. The third-order valence-corrected chi connectivity index (χ3v) is 7.15. The van der Waals surface area contributed by atoms with Crippen LogP contribution in [-0.4, -0.2) is 83.5 Å². The number of amides is 1. The highest BCUT2D eigenvalue weighted by Crippen LogP contribution is 2.42. The summed E-state index contributed by atoms with van der Waals surface area (Å²) in [7, 11) is 4.12. The van der Waals surface area contributed by atoms with Crippen molar-refractivity contribution in [2.24, 2.45) is 0 Å². The van der Waals surface area contributed by atoms with Crippen LogP contribution in [0.3, 0.4) is 0 Å². The molecule has 2 aromatic carbocycles. The number of nitrogens with one attached hydrogen (secondary N) is 1. The Labute approximate surface area is 230 Å². The van der Waals surface area contributed by atoms with Crippen molar-refractivity contribution in [2.45, 2.75) is 37.5 Å². The van der Waals surface area contributed by atoms with Crippen molar-refractivity contribution in [2.75, 3.05) is 55.1 Å². The lowest BCUT2D eigenvalue weighted by atomic mass is 9.77. The monoisotopic (exact) mass is 566 g/mol. The molecule has 0 aromatic heterocycles. The zero-order valence-corrected chi connectivity index (χ0v) is 23.8. The maximum atomic E-state index is 12.9. The maximum Gasteiger partial charge on any atom is 0.394 e. The number of ether oxygens (including phenoxy) is 4. The summed E-state index contributed by atoms with van der Waals surface area (Å²) in [5.41, 5.74) is 4.91. The van der Waals surface area contributed by atoms with Crippen LogP contribution in [0.15, 0.2) is 24.3 Å². The van der Waals surface area contributed by atoms with Crippen LogP contribution >= 0.6 is 0 Å². The molecule has 2 atom stereocenters. The molecule has 0 radical (unpaired) electrons. The summed E-state index contributed by atoms with van der Waals surface area (Å²) >= 11 is 0. The number of benzene rings is 2. The van der Waals surface area contributed by atoms with E-state index in [1.807, 2.05) is 12.1 Å². The van der Waals surface area contributed by atoms with Gasteiger partial charge in [0.15, 0.2) is 23.0 Å². The Hall–Kier alpha value is -3.06. The molecule has 1 aliphatic heterocycles. The zero-order valence-electron chi connectivity index (χ0n) is 23.0. The second-order valence-electron chi connectivity index (χ2n) is 9.66. The van der Waals surface area contributed by atoms with Crippen molar-refractivity contribution in [1.82, 2.24) is 10.2 Å². The molecule has 1 unspecified atom stereocenters. The van der Waals surface area contributed by atoms with Crippen LogP contribution in [0.1, 0.15) is 46.9 Å². The van der Waals surface area contributed by atoms with E-state index in [-0.39, 0.29) is 11.8 Å². The molecule has 0 fully saturated rings. The number of carbonyl (C=O) groups is 1. The number of hydrogen-bond acceptors (Lipinski definition) is 8. The first-order valence-corrected chi connectivity index (χ1v) is 14.0. The number of carbonyl (C=O) groups excluding carboxylic acids is 1. The SMILES string of the molecule is COc1cc2c(cc1OC)C(CCCN(C)C[C@H]1Cc3cc(OC)c(OC)cc31)C(=O)NCC2.O=S(=O)(O)O. The van der Waals surface area contributed by atoms with E-state index in [1.54, 1.807) is 28.4 Å². The summed E-state index contributed by atoms with van der Waals surface area (Å²) in [6.07, 6.45) is 3.59. The molecule has 0 bridgehead atoms. The lowest BCUT2D eigenvalue weighted by Crippen LogP contribution is -2.32. The van der Waals surface area contributed by atoms with Crippen LogP contribution in [0.25, 0.3) is 0 Å². The van der Waals surface area contributed by atoms with Gasteiger partial charge in [-0.25, -0.2) is 0 Å². The van der Waals surface area contributed by atoms with Crippen molar-refractivity contribution in [3.05, 3.63) is 46.5 Å². The smallest absolute Gasteiger partial charge is 0.394 e. The van der Waals surface area contributed by atoms with E-state index in [4.69, 9.17) is 36.5 Å². The lowest BCUT2D eigenvalue weighted by Gasteiger charge is -2.34. The molecule has 0 saturated carbocycles. The topological polar surface area (TPSA) is 144 Å². The average molecular weight is 567 g/mol. The van der Waals surface area contributed by atoms with E-state index in [9.17, 15) is 4.79 Å². The molecule has 3 N–H and O–H groups in total. The third-order valence-electron chi connectivity index (χ3n) is 7.15. The van der Waals surface area contributed by atoms with Gasteiger partial charge in [0.05, 0.1) is 34.4 Å². The van der Waals surface area contributed by atoms with Gasteiger partial charge in [-0.15, -0.1) is 0 Å². The van der Waals surface area contributed by atoms with E-state index in [0.29, 0.717) is 24.0 Å². The molecule has 12 heteroatoms. The zero-order chi connectivity index (χ0) is 28.7. The highest BCUT2D eigenvalue weighted by Gasteiger charge is 2.30. The number of likely N-dealkylation sites (N-methyl/N-ethyl adjacent to an activating group) is 1. The Bertz CT molecular complexity index is 1260. The van der Waals surface area contributed by atoms with E-state index in [0.717, 1.165) is 61.4 Å². The van der Waals surface area contributed by atoms with Gasteiger partial charge in [0.2, 0.25) is 5.91 Å². The molecule has 0 saturated heterocycles. The van der Waals surface area contributed by atoms with Crippen LogP contribution in [0.4, 0.5) is 0 Å². The predicted octanol–water partition coefficient (Wildman–Crippen LogP) is 2.88. The van der Waals surface area contributed by atoms with Crippen LogP contribution in [-0.2, 0) is 28.0 Å². The van der Waals surface area contributed by atoms with Gasteiger partial charge in [-0.2, -0.15) is 8.42 Å². The molecule has 2 aromatic rings. The quantitative estimate of drug-likeness (QED) is 0.367. The van der Waals surface area contributed by atoms with E-state index in [1.165, 1.54) is 11.1 Å². The summed E-state index contributed by atoms with van der Waals surface area (Å²) in [5.74, 6) is 3.40. The van der Waals surface area contributed by atoms with E-state index < -0.39 is 10.4 Å². The molecule has 216 valence electrons. The highest BCUT2D eigenvalue weighted by atomic mass is 32.3. The highest BCUT2D eigenvalue weighted by molar-refractivity contribution is 7.79. The fourth-order valence-corrected chi connectivity index (χ4v) is 5.28. The van der Waals surface area contributed by atoms with E-state index in [2.05, 4.69) is 29.4 Å². The number of nitrogens with zero attached hydrogens (tertiary/aromatic N) is 1. The summed E-state index contributed by atoms with van der Waals surface area (Å²) in [6, 6.07) is 8.21. The number of rotatable bonds is 10. The van der Waals surface area contributed by atoms with Gasteiger partial charge in [0.25, 0.3) is 0 Å². The first kappa shape index (κ1) is 30.5. The van der Waals surface area contributed by atoms with Crippen LogP contribution < -0.4 is 24.3 Å². The second kappa shape index (κ2) is 13.3. The molecule has 39 heavy (non-hydrogen) atoms. The Balaban J connectivity index is 0.000000771. The maximum absolute atomic E-state index is 12.9.